The van der Waals surface area contributed by atoms with E-state index in [0.717, 1.165) is 19.4 Å². The van der Waals surface area contributed by atoms with Gasteiger partial charge in [0.1, 0.15) is 0 Å². The molecule has 20 heavy (non-hydrogen) atoms. The Morgan fingerprint density at radius 1 is 1.35 bits per heavy atom. The maximum atomic E-state index is 12.3. The molecule has 0 spiro atoms. The predicted molar refractivity (Wildman–Crippen MR) is 77.0 cm³/mol. The zero-order valence-corrected chi connectivity index (χ0v) is 12.7. The van der Waals surface area contributed by atoms with Gasteiger partial charge in [0.05, 0.1) is 5.92 Å². The smallest absolute Gasteiger partial charge is 0.225 e. The zero-order chi connectivity index (χ0) is 14.3. The van der Waals surface area contributed by atoms with Crippen LogP contribution in [-0.4, -0.2) is 35.8 Å². The fourth-order valence-electron chi connectivity index (χ4n) is 3.61. The number of likely N-dealkylation sites (tertiary alicyclic amines) is 1. The van der Waals surface area contributed by atoms with Gasteiger partial charge in [0.15, 0.2) is 0 Å². The Morgan fingerprint density at radius 2 is 2.10 bits per heavy atom. The quantitative estimate of drug-likeness (QED) is 0.854. The van der Waals surface area contributed by atoms with Gasteiger partial charge < -0.3 is 10.2 Å². The molecule has 4 nitrogen and oxygen atoms in total. The first-order valence-electron chi connectivity index (χ1n) is 8.01. The number of amides is 2. The molecule has 1 N–H and O–H groups in total. The molecule has 112 valence electrons. The van der Waals surface area contributed by atoms with Crippen LogP contribution >= 0.6 is 0 Å². The highest BCUT2D eigenvalue weighted by molar-refractivity contribution is 5.89. The highest BCUT2D eigenvalue weighted by atomic mass is 16.2. The Bertz CT molecular complexity index is 415. The van der Waals surface area contributed by atoms with Crippen LogP contribution in [0.25, 0.3) is 0 Å². The van der Waals surface area contributed by atoms with Crippen LogP contribution in [0.15, 0.2) is 0 Å². The van der Waals surface area contributed by atoms with E-state index in [1.807, 2.05) is 4.90 Å². The van der Waals surface area contributed by atoms with Crippen LogP contribution in [-0.2, 0) is 9.59 Å². The van der Waals surface area contributed by atoms with E-state index in [0.29, 0.717) is 30.3 Å². The predicted octanol–water partition coefficient (Wildman–Crippen LogP) is 1.94. The lowest BCUT2D eigenvalue weighted by molar-refractivity contribution is -0.129. The number of nitrogens with one attached hydrogen (secondary N) is 1. The highest BCUT2D eigenvalue weighted by Gasteiger charge is 2.39. The molecular weight excluding hydrogens is 252 g/mol. The van der Waals surface area contributed by atoms with E-state index in [-0.39, 0.29) is 17.7 Å². The summed E-state index contributed by atoms with van der Waals surface area (Å²) < 4.78 is 0. The summed E-state index contributed by atoms with van der Waals surface area (Å²) in [7, 11) is 0. The summed E-state index contributed by atoms with van der Waals surface area (Å²) in [5, 5.41) is 3.17. The molecule has 0 bridgehead atoms. The third kappa shape index (κ3) is 3.15. The molecule has 1 aliphatic heterocycles. The Morgan fingerprint density at radius 3 is 2.70 bits per heavy atom. The molecule has 2 unspecified atom stereocenters. The van der Waals surface area contributed by atoms with E-state index < -0.39 is 0 Å². The first kappa shape index (κ1) is 13.9. The van der Waals surface area contributed by atoms with Crippen molar-refractivity contribution in [3.8, 4) is 0 Å². The van der Waals surface area contributed by atoms with Crippen LogP contribution in [0.3, 0.4) is 0 Å². The topological polar surface area (TPSA) is 49.4 Å². The average molecular weight is 278 g/mol. The Kier molecular flexibility index (Phi) is 3.51. The summed E-state index contributed by atoms with van der Waals surface area (Å²) >= 11 is 0. The highest BCUT2D eigenvalue weighted by Crippen LogP contribution is 2.37. The Labute approximate surface area is 121 Å². The van der Waals surface area contributed by atoms with E-state index in [1.54, 1.807) is 0 Å². The number of hydrogen-bond donors (Lipinski definition) is 1. The second-order valence-electron chi connectivity index (χ2n) is 7.76. The second kappa shape index (κ2) is 5.05. The summed E-state index contributed by atoms with van der Waals surface area (Å²) in [4.78, 5) is 26.2. The van der Waals surface area contributed by atoms with Crippen molar-refractivity contribution in [2.45, 2.75) is 58.4 Å². The molecule has 3 aliphatic rings. The molecule has 2 aliphatic carbocycles. The molecule has 0 radical (unpaired) electrons. The van der Waals surface area contributed by atoms with Crippen LogP contribution in [0.1, 0.15) is 52.4 Å². The van der Waals surface area contributed by atoms with E-state index in [9.17, 15) is 9.59 Å². The maximum Gasteiger partial charge on any atom is 0.225 e. The lowest BCUT2D eigenvalue weighted by Crippen LogP contribution is -2.39. The lowest BCUT2D eigenvalue weighted by Gasteiger charge is -2.20. The average Bonchev–Trinajstić information content (AvgIpc) is 3.01. The van der Waals surface area contributed by atoms with Crippen molar-refractivity contribution in [2.75, 3.05) is 13.1 Å². The largest absolute Gasteiger partial charge is 0.353 e. The summed E-state index contributed by atoms with van der Waals surface area (Å²) in [6.07, 6.45) is 6.22. The molecular formula is C16H26N2O2. The first-order chi connectivity index (χ1) is 9.43. The molecule has 1 heterocycles. The second-order valence-corrected chi connectivity index (χ2v) is 7.76. The van der Waals surface area contributed by atoms with Crippen molar-refractivity contribution in [2.24, 2.45) is 17.3 Å². The number of hydrogen-bond acceptors (Lipinski definition) is 2. The molecule has 3 rings (SSSR count). The Hall–Kier alpha value is -1.06. The summed E-state index contributed by atoms with van der Waals surface area (Å²) in [5.74, 6) is 0.851. The van der Waals surface area contributed by atoms with Crippen LogP contribution in [0.4, 0.5) is 0 Å². The Balaban J connectivity index is 1.49. The van der Waals surface area contributed by atoms with Crippen molar-refractivity contribution >= 4 is 11.8 Å². The van der Waals surface area contributed by atoms with Crippen molar-refractivity contribution < 1.29 is 9.59 Å². The van der Waals surface area contributed by atoms with Gasteiger partial charge in [0, 0.05) is 25.6 Å². The minimum absolute atomic E-state index is 0.0966. The van der Waals surface area contributed by atoms with Gasteiger partial charge in [-0.3, -0.25) is 9.59 Å². The SMILES string of the molecule is CC1(C)CCC(NC(=O)C2CC(=O)N(CC3CC3)C2)C1. The third-order valence-corrected chi connectivity index (χ3v) is 5.08. The van der Waals surface area contributed by atoms with Gasteiger partial charge in [-0.1, -0.05) is 13.8 Å². The van der Waals surface area contributed by atoms with Gasteiger partial charge in [0.25, 0.3) is 0 Å². The van der Waals surface area contributed by atoms with Crippen molar-refractivity contribution in [1.82, 2.24) is 10.2 Å². The molecule has 2 saturated carbocycles. The van der Waals surface area contributed by atoms with E-state index in [4.69, 9.17) is 0 Å². The van der Waals surface area contributed by atoms with Crippen molar-refractivity contribution in [3.05, 3.63) is 0 Å². The van der Waals surface area contributed by atoms with Crippen LogP contribution in [0.2, 0.25) is 0 Å². The lowest BCUT2D eigenvalue weighted by atomic mass is 9.92. The fraction of sp³-hybridized carbons (Fsp3) is 0.875. The number of carbonyl (C=O) groups excluding carboxylic acids is 2. The van der Waals surface area contributed by atoms with Gasteiger partial charge >= 0.3 is 0 Å². The van der Waals surface area contributed by atoms with Gasteiger partial charge in [-0.2, -0.15) is 0 Å². The van der Waals surface area contributed by atoms with Gasteiger partial charge in [-0.15, -0.1) is 0 Å². The number of carbonyl (C=O) groups is 2. The van der Waals surface area contributed by atoms with Gasteiger partial charge in [0.2, 0.25) is 11.8 Å². The van der Waals surface area contributed by atoms with Crippen LogP contribution in [0.5, 0.6) is 0 Å². The van der Waals surface area contributed by atoms with E-state index in [1.165, 1.54) is 19.3 Å². The standard InChI is InChI=1S/C16H26N2O2/c1-16(2)6-5-13(8-16)17-15(20)12-7-14(19)18(10-12)9-11-3-4-11/h11-13H,3-10H2,1-2H3,(H,17,20). The molecule has 0 aromatic heterocycles. The molecule has 0 aromatic carbocycles. The van der Waals surface area contributed by atoms with Crippen molar-refractivity contribution in [1.29, 1.82) is 0 Å². The normalized spacial score (nSPS) is 32.7. The molecule has 4 heteroatoms. The summed E-state index contributed by atoms with van der Waals surface area (Å²) in [5.41, 5.74) is 0.349. The van der Waals surface area contributed by atoms with Crippen LogP contribution in [0, 0.1) is 17.3 Å². The molecule has 3 fully saturated rings. The summed E-state index contributed by atoms with van der Waals surface area (Å²) in [6.45, 7) is 6.03. The molecule has 1 saturated heterocycles. The number of nitrogens with zero attached hydrogens (tertiary/aromatic N) is 1. The van der Waals surface area contributed by atoms with Crippen LogP contribution < -0.4 is 5.32 Å². The monoisotopic (exact) mass is 278 g/mol. The minimum atomic E-state index is -0.120. The fourth-order valence-corrected chi connectivity index (χ4v) is 3.61. The van der Waals surface area contributed by atoms with Crippen molar-refractivity contribution in [3.63, 3.8) is 0 Å². The molecule has 0 aromatic rings. The third-order valence-electron chi connectivity index (χ3n) is 5.08. The van der Waals surface area contributed by atoms with Gasteiger partial charge in [-0.05, 0) is 43.4 Å². The maximum absolute atomic E-state index is 12.3. The summed E-state index contributed by atoms with van der Waals surface area (Å²) in [6, 6.07) is 0.310. The molecule has 2 atom stereocenters. The zero-order valence-electron chi connectivity index (χ0n) is 12.7. The first-order valence-corrected chi connectivity index (χ1v) is 8.01. The van der Waals surface area contributed by atoms with Gasteiger partial charge in [-0.25, -0.2) is 0 Å². The molecule has 2 amide bonds. The van der Waals surface area contributed by atoms with E-state index in [2.05, 4.69) is 19.2 Å². The minimum Gasteiger partial charge on any atom is -0.353 e. The van der Waals surface area contributed by atoms with E-state index >= 15 is 0 Å². The number of rotatable bonds is 4.